The van der Waals surface area contributed by atoms with E-state index in [0.29, 0.717) is 5.41 Å². The molecule has 4 unspecified atom stereocenters. The summed E-state index contributed by atoms with van der Waals surface area (Å²) in [6, 6.07) is 0. The highest BCUT2D eigenvalue weighted by molar-refractivity contribution is 4.94. The highest BCUT2D eigenvalue weighted by Gasteiger charge is 2.45. The fourth-order valence-electron chi connectivity index (χ4n) is 3.16. The summed E-state index contributed by atoms with van der Waals surface area (Å²) in [5, 5.41) is 0. The van der Waals surface area contributed by atoms with E-state index in [1.807, 2.05) is 0 Å². The van der Waals surface area contributed by atoms with E-state index in [0.717, 1.165) is 29.6 Å². The number of hydrogen-bond acceptors (Lipinski definition) is 0. The molecule has 0 aromatic heterocycles. The van der Waals surface area contributed by atoms with Crippen LogP contribution in [0.1, 0.15) is 48.5 Å². The van der Waals surface area contributed by atoms with Gasteiger partial charge in [-0.15, -0.1) is 0 Å². The van der Waals surface area contributed by atoms with Crippen LogP contribution in [0, 0.1) is 35.0 Å². The zero-order valence-electron chi connectivity index (χ0n) is 10.4. The van der Waals surface area contributed by atoms with E-state index >= 15 is 0 Å². The summed E-state index contributed by atoms with van der Waals surface area (Å²) >= 11 is 0. The molecule has 0 aromatic carbocycles. The zero-order valence-corrected chi connectivity index (χ0v) is 10.4. The molecule has 0 radical (unpaired) electrons. The minimum Gasteiger partial charge on any atom is -0.0620 e. The third kappa shape index (κ3) is 1.53. The Bertz CT molecular complexity index is 162. The van der Waals surface area contributed by atoms with E-state index in [9.17, 15) is 0 Å². The van der Waals surface area contributed by atoms with E-state index in [1.165, 1.54) is 0 Å². The molecule has 0 N–H and O–H groups in total. The van der Waals surface area contributed by atoms with Crippen LogP contribution < -0.4 is 0 Å². The normalized spacial score (nSPS) is 50.5. The Kier molecular flexibility index (Phi) is 2.81. The molecule has 0 spiro atoms. The van der Waals surface area contributed by atoms with Crippen LogP contribution in [0.2, 0.25) is 0 Å². The van der Waals surface area contributed by atoms with Gasteiger partial charge < -0.3 is 0 Å². The smallest absolute Gasteiger partial charge is 0.0298 e. The average Bonchev–Trinajstić information content (AvgIpc) is 2.09. The van der Waals surface area contributed by atoms with Crippen molar-refractivity contribution in [2.75, 3.05) is 0 Å². The van der Waals surface area contributed by atoms with Gasteiger partial charge in [-0.2, -0.15) is 0 Å². The van der Waals surface area contributed by atoms with E-state index in [-0.39, 0.29) is 0 Å². The Morgan fingerprint density at radius 1 is 0.615 bits per heavy atom. The van der Waals surface area contributed by atoms with Gasteiger partial charge in [0.25, 0.3) is 0 Å². The summed E-state index contributed by atoms with van der Waals surface area (Å²) < 4.78 is 0. The molecule has 0 saturated heterocycles. The molecule has 1 aliphatic carbocycles. The summed E-state index contributed by atoms with van der Waals surface area (Å²) in [6.45, 7) is 17.0. The van der Waals surface area contributed by atoms with Crippen molar-refractivity contribution in [1.29, 1.82) is 0 Å². The van der Waals surface area contributed by atoms with E-state index in [4.69, 9.17) is 0 Å². The first-order valence-corrected chi connectivity index (χ1v) is 5.80. The molecule has 0 aromatic rings. The van der Waals surface area contributed by atoms with Crippen LogP contribution in [0.5, 0.6) is 0 Å². The fourth-order valence-corrected chi connectivity index (χ4v) is 3.16. The second kappa shape index (κ2) is 3.29. The van der Waals surface area contributed by atoms with E-state index in [2.05, 4.69) is 48.5 Å². The maximum absolute atomic E-state index is 2.45. The van der Waals surface area contributed by atoms with Crippen LogP contribution in [0.4, 0.5) is 0 Å². The van der Waals surface area contributed by atoms with E-state index < -0.39 is 0 Å². The molecular weight excluding hydrogens is 156 g/mol. The van der Waals surface area contributed by atoms with Crippen molar-refractivity contribution in [2.24, 2.45) is 35.0 Å². The van der Waals surface area contributed by atoms with Crippen LogP contribution >= 0.6 is 0 Å². The summed E-state index contributed by atoms with van der Waals surface area (Å²) in [7, 11) is 0. The Balaban J connectivity index is 2.93. The van der Waals surface area contributed by atoms with Gasteiger partial charge in [0, 0.05) is 0 Å². The monoisotopic (exact) mass is 182 g/mol. The molecular formula is C13H26. The lowest BCUT2D eigenvalue weighted by molar-refractivity contribution is -0.0386. The second-order valence-corrected chi connectivity index (χ2v) is 5.98. The maximum atomic E-state index is 2.45. The molecule has 1 saturated carbocycles. The maximum Gasteiger partial charge on any atom is -0.0298 e. The van der Waals surface area contributed by atoms with Gasteiger partial charge in [0.2, 0.25) is 0 Å². The molecule has 1 rings (SSSR count). The topological polar surface area (TPSA) is 0 Å². The van der Waals surface area contributed by atoms with Crippen molar-refractivity contribution in [3.63, 3.8) is 0 Å². The van der Waals surface area contributed by atoms with Gasteiger partial charge in [0.1, 0.15) is 0 Å². The van der Waals surface area contributed by atoms with Gasteiger partial charge in [0.15, 0.2) is 0 Å². The summed E-state index contributed by atoms with van der Waals surface area (Å²) in [5.74, 6) is 4.35. The Hall–Kier alpha value is 0. The van der Waals surface area contributed by atoms with Crippen molar-refractivity contribution in [1.82, 2.24) is 0 Å². The van der Waals surface area contributed by atoms with Gasteiger partial charge >= 0.3 is 0 Å². The van der Waals surface area contributed by atoms with Gasteiger partial charge in [0.05, 0.1) is 0 Å². The standard InChI is InChI=1S/C13H26/c1-8-9(2)11(4)13(6,7)12(5)10(8)3/h8-12H,1-7H3. The average molecular weight is 182 g/mol. The number of hydrogen-bond donors (Lipinski definition) is 0. The molecule has 0 aliphatic heterocycles. The largest absolute Gasteiger partial charge is 0.0620 e. The highest BCUT2D eigenvalue weighted by Crippen LogP contribution is 2.52. The first-order chi connectivity index (χ1) is 5.80. The molecule has 78 valence electrons. The van der Waals surface area contributed by atoms with Crippen LogP contribution in [0.15, 0.2) is 0 Å². The highest BCUT2D eigenvalue weighted by atomic mass is 14.5. The first-order valence-electron chi connectivity index (χ1n) is 5.80. The van der Waals surface area contributed by atoms with E-state index in [1.54, 1.807) is 0 Å². The predicted molar refractivity (Wildman–Crippen MR) is 59.6 cm³/mol. The Morgan fingerprint density at radius 2 is 0.923 bits per heavy atom. The van der Waals surface area contributed by atoms with Gasteiger partial charge in [-0.3, -0.25) is 0 Å². The van der Waals surface area contributed by atoms with Crippen molar-refractivity contribution >= 4 is 0 Å². The lowest BCUT2D eigenvalue weighted by Crippen LogP contribution is -2.46. The summed E-state index contributed by atoms with van der Waals surface area (Å²) in [6.07, 6.45) is 0. The molecule has 4 atom stereocenters. The van der Waals surface area contributed by atoms with Crippen molar-refractivity contribution in [3.05, 3.63) is 0 Å². The minimum absolute atomic E-state index is 0.519. The molecule has 1 aliphatic rings. The van der Waals surface area contributed by atoms with Crippen LogP contribution in [0.3, 0.4) is 0 Å². The minimum atomic E-state index is 0.519. The first kappa shape index (κ1) is 11.1. The van der Waals surface area contributed by atoms with Crippen molar-refractivity contribution in [3.8, 4) is 0 Å². The predicted octanol–water partition coefficient (Wildman–Crippen LogP) is 4.21. The molecule has 1 fully saturated rings. The molecule has 13 heavy (non-hydrogen) atoms. The molecule has 0 heterocycles. The third-order valence-corrected chi connectivity index (χ3v) is 5.58. The molecule has 0 heteroatoms. The van der Waals surface area contributed by atoms with Gasteiger partial charge in [-0.05, 0) is 35.0 Å². The molecule has 0 nitrogen and oxygen atoms in total. The summed E-state index contributed by atoms with van der Waals surface area (Å²) in [4.78, 5) is 0. The lowest BCUT2D eigenvalue weighted by Gasteiger charge is -2.52. The van der Waals surface area contributed by atoms with Crippen molar-refractivity contribution in [2.45, 2.75) is 48.5 Å². The van der Waals surface area contributed by atoms with Crippen LogP contribution in [-0.2, 0) is 0 Å². The van der Waals surface area contributed by atoms with Crippen LogP contribution in [0.25, 0.3) is 0 Å². The Morgan fingerprint density at radius 3 is 1.23 bits per heavy atom. The second-order valence-electron chi connectivity index (χ2n) is 5.98. The quantitative estimate of drug-likeness (QED) is 0.526. The zero-order chi connectivity index (χ0) is 10.4. The number of rotatable bonds is 0. The Labute approximate surface area is 84.1 Å². The van der Waals surface area contributed by atoms with Crippen molar-refractivity contribution < 1.29 is 0 Å². The van der Waals surface area contributed by atoms with Gasteiger partial charge in [-0.1, -0.05) is 48.5 Å². The molecule has 0 amide bonds. The SMILES string of the molecule is CC1C(C)C(C)C(C)(C)C(C)C1C. The summed E-state index contributed by atoms with van der Waals surface area (Å²) in [5.41, 5.74) is 0.519. The third-order valence-electron chi connectivity index (χ3n) is 5.58. The molecule has 0 bridgehead atoms. The fraction of sp³-hybridized carbons (Fsp3) is 1.00. The lowest BCUT2D eigenvalue weighted by atomic mass is 9.53. The van der Waals surface area contributed by atoms with Crippen LogP contribution in [-0.4, -0.2) is 0 Å². The van der Waals surface area contributed by atoms with Gasteiger partial charge in [-0.25, -0.2) is 0 Å².